The average molecular weight is 229 g/mol. The summed E-state index contributed by atoms with van der Waals surface area (Å²) in [6, 6.07) is 2.22. The van der Waals surface area contributed by atoms with Gasteiger partial charge in [0.1, 0.15) is 6.33 Å². The van der Waals surface area contributed by atoms with E-state index in [2.05, 4.69) is 36.9 Å². The van der Waals surface area contributed by atoms with Gasteiger partial charge in [0.05, 0.1) is 11.2 Å². The van der Waals surface area contributed by atoms with Crippen molar-refractivity contribution in [1.29, 1.82) is 0 Å². The molecule has 3 rings (SSSR count). The molecule has 0 radical (unpaired) electrons. The first kappa shape index (κ1) is 10.8. The highest BCUT2D eigenvalue weighted by molar-refractivity contribution is 5.58. The summed E-state index contributed by atoms with van der Waals surface area (Å²) in [5.41, 5.74) is 5.25. The van der Waals surface area contributed by atoms with E-state index in [-0.39, 0.29) is 5.41 Å². The Morgan fingerprint density at radius 2 is 1.94 bits per heavy atom. The standard InChI is InChI=1S/C14H19N3/c1-14(2,3)13-8-12-10-6-4-5-7-11(10)16-17(12)9-15-13/h8-9H,4-7H2,1-3H3. The van der Waals surface area contributed by atoms with Gasteiger partial charge in [-0.15, -0.1) is 0 Å². The molecule has 1 aliphatic carbocycles. The Morgan fingerprint density at radius 1 is 1.18 bits per heavy atom. The fraction of sp³-hybridized carbons (Fsp3) is 0.571. The van der Waals surface area contributed by atoms with Gasteiger partial charge in [0.25, 0.3) is 0 Å². The second-order valence-corrected chi connectivity index (χ2v) is 5.99. The topological polar surface area (TPSA) is 30.2 Å². The zero-order valence-corrected chi connectivity index (χ0v) is 10.8. The van der Waals surface area contributed by atoms with E-state index in [1.54, 1.807) is 0 Å². The fourth-order valence-electron chi connectivity index (χ4n) is 2.53. The molecule has 0 fully saturated rings. The van der Waals surface area contributed by atoms with Crippen LogP contribution in [0.15, 0.2) is 12.4 Å². The van der Waals surface area contributed by atoms with Crippen molar-refractivity contribution >= 4 is 5.52 Å². The number of aryl methyl sites for hydroxylation is 2. The molecule has 0 bridgehead atoms. The Hall–Kier alpha value is -1.38. The van der Waals surface area contributed by atoms with Gasteiger partial charge in [-0.25, -0.2) is 9.50 Å². The van der Waals surface area contributed by atoms with Gasteiger partial charge < -0.3 is 0 Å². The minimum Gasteiger partial charge on any atom is -0.241 e. The summed E-state index contributed by atoms with van der Waals surface area (Å²) < 4.78 is 1.95. The third-order valence-electron chi connectivity index (χ3n) is 3.57. The van der Waals surface area contributed by atoms with Gasteiger partial charge in [-0.05, 0) is 31.7 Å². The highest BCUT2D eigenvalue weighted by atomic mass is 15.2. The van der Waals surface area contributed by atoms with Gasteiger partial charge in [0, 0.05) is 16.7 Å². The van der Waals surface area contributed by atoms with Gasteiger partial charge in [0.15, 0.2) is 0 Å². The van der Waals surface area contributed by atoms with Crippen molar-refractivity contribution in [3.63, 3.8) is 0 Å². The monoisotopic (exact) mass is 229 g/mol. The summed E-state index contributed by atoms with van der Waals surface area (Å²) in [5, 5.41) is 4.63. The fourth-order valence-corrected chi connectivity index (χ4v) is 2.53. The SMILES string of the molecule is CC(C)(C)c1cc2c3c(nn2cn1)CCCC3. The van der Waals surface area contributed by atoms with Crippen LogP contribution < -0.4 is 0 Å². The lowest BCUT2D eigenvalue weighted by Crippen LogP contribution is -2.14. The minimum atomic E-state index is 0.105. The van der Waals surface area contributed by atoms with Crippen LogP contribution in [0.5, 0.6) is 0 Å². The molecular weight excluding hydrogens is 210 g/mol. The van der Waals surface area contributed by atoms with Crippen LogP contribution in [0, 0.1) is 0 Å². The van der Waals surface area contributed by atoms with Crippen molar-refractivity contribution < 1.29 is 0 Å². The molecule has 0 unspecified atom stereocenters. The third kappa shape index (κ3) is 1.74. The van der Waals surface area contributed by atoms with Crippen LogP contribution in [-0.4, -0.2) is 14.6 Å². The Labute approximate surface area is 102 Å². The van der Waals surface area contributed by atoms with Crippen LogP contribution in [0.4, 0.5) is 0 Å². The molecule has 90 valence electrons. The molecule has 2 aromatic heterocycles. The first-order valence-corrected chi connectivity index (χ1v) is 6.42. The van der Waals surface area contributed by atoms with Gasteiger partial charge in [-0.1, -0.05) is 20.8 Å². The van der Waals surface area contributed by atoms with E-state index >= 15 is 0 Å². The van der Waals surface area contributed by atoms with Crippen LogP contribution in [0.2, 0.25) is 0 Å². The maximum atomic E-state index is 4.63. The summed E-state index contributed by atoms with van der Waals surface area (Å²) in [5.74, 6) is 0. The number of rotatable bonds is 0. The second-order valence-electron chi connectivity index (χ2n) is 5.99. The number of aromatic nitrogens is 3. The van der Waals surface area contributed by atoms with Gasteiger partial charge in [-0.3, -0.25) is 0 Å². The quantitative estimate of drug-likeness (QED) is 0.695. The lowest BCUT2D eigenvalue weighted by Gasteiger charge is -2.17. The van der Waals surface area contributed by atoms with Crippen molar-refractivity contribution in [2.24, 2.45) is 0 Å². The summed E-state index contributed by atoms with van der Waals surface area (Å²) in [6.07, 6.45) is 6.74. The zero-order valence-electron chi connectivity index (χ0n) is 10.8. The highest BCUT2D eigenvalue weighted by Gasteiger charge is 2.20. The molecule has 3 nitrogen and oxygen atoms in total. The van der Waals surface area contributed by atoms with Crippen LogP contribution in [0.3, 0.4) is 0 Å². The normalized spacial score (nSPS) is 16.2. The maximum Gasteiger partial charge on any atom is 0.117 e. The number of fused-ring (bicyclic) bond motifs is 3. The average Bonchev–Trinajstić information content (AvgIpc) is 2.65. The minimum absolute atomic E-state index is 0.105. The van der Waals surface area contributed by atoms with E-state index in [1.807, 2.05) is 10.8 Å². The van der Waals surface area contributed by atoms with Gasteiger partial charge in [-0.2, -0.15) is 5.10 Å². The number of hydrogen-bond acceptors (Lipinski definition) is 2. The predicted octanol–water partition coefficient (Wildman–Crippen LogP) is 2.91. The Balaban J connectivity index is 2.21. The smallest absolute Gasteiger partial charge is 0.117 e. The molecule has 3 heteroatoms. The van der Waals surface area contributed by atoms with Crippen LogP contribution >= 0.6 is 0 Å². The molecule has 0 N–H and O–H groups in total. The number of nitrogens with zero attached hydrogens (tertiary/aromatic N) is 3. The van der Waals surface area contributed by atoms with E-state index in [0.717, 1.165) is 12.1 Å². The first-order valence-electron chi connectivity index (χ1n) is 6.42. The molecule has 0 atom stereocenters. The Bertz CT molecular complexity index is 561. The molecule has 0 aliphatic heterocycles. The van der Waals surface area contributed by atoms with Gasteiger partial charge in [0.2, 0.25) is 0 Å². The molecule has 17 heavy (non-hydrogen) atoms. The molecule has 0 amide bonds. The van der Waals surface area contributed by atoms with Crippen molar-refractivity contribution in [3.8, 4) is 0 Å². The van der Waals surface area contributed by atoms with Gasteiger partial charge >= 0.3 is 0 Å². The van der Waals surface area contributed by atoms with Crippen molar-refractivity contribution in [2.75, 3.05) is 0 Å². The molecular formula is C14H19N3. The third-order valence-corrected chi connectivity index (χ3v) is 3.57. The lowest BCUT2D eigenvalue weighted by molar-refractivity contribution is 0.566. The molecule has 0 saturated carbocycles. The van der Waals surface area contributed by atoms with E-state index in [0.29, 0.717) is 0 Å². The Morgan fingerprint density at radius 3 is 2.71 bits per heavy atom. The van der Waals surface area contributed by atoms with E-state index in [4.69, 9.17) is 0 Å². The van der Waals surface area contributed by atoms with E-state index < -0.39 is 0 Å². The highest BCUT2D eigenvalue weighted by Crippen LogP contribution is 2.27. The lowest BCUT2D eigenvalue weighted by atomic mass is 9.90. The van der Waals surface area contributed by atoms with Crippen LogP contribution in [0.1, 0.15) is 50.6 Å². The predicted molar refractivity (Wildman–Crippen MR) is 68.3 cm³/mol. The molecule has 0 spiro atoms. The summed E-state index contributed by atoms with van der Waals surface area (Å²) in [4.78, 5) is 4.52. The largest absolute Gasteiger partial charge is 0.241 e. The van der Waals surface area contributed by atoms with Crippen LogP contribution in [-0.2, 0) is 18.3 Å². The maximum absolute atomic E-state index is 4.63. The van der Waals surface area contributed by atoms with Crippen molar-refractivity contribution in [3.05, 3.63) is 29.3 Å². The second kappa shape index (κ2) is 3.56. The zero-order chi connectivity index (χ0) is 12.0. The molecule has 0 saturated heterocycles. The molecule has 0 aromatic carbocycles. The summed E-state index contributed by atoms with van der Waals surface area (Å²) >= 11 is 0. The molecule has 2 heterocycles. The summed E-state index contributed by atoms with van der Waals surface area (Å²) in [7, 11) is 0. The summed E-state index contributed by atoms with van der Waals surface area (Å²) in [6.45, 7) is 6.61. The number of hydrogen-bond donors (Lipinski definition) is 0. The first-order chi connectivity index (χ1) is 8.05. The Kier molecular flexibility index (Phi) is 2.25. The molecule has 1 aliphatic rings. The van der Waals surface area contributed by atoms with E-state index in [9.17, 15) is 0 Å². The molecule has 2 aromatic rings. The van der Waals surface area contributed by atoms with Crippen molar-refractivity contribution in [1.82, 2.24) is 14.6 Å². The van der Waals surface area contributed by atoms with E-state index in [1.165, 1.54) is 36.0 Å². The van der Waals surface area contributed by atoms with Crippen LogP contribution in [0.25, 0.3) is 5.52 Å². The van der Waals surface area contributed by atoms with Crippen molar-refractivity contribution in [2.45, 2.75) is 51.9 Å².